The second kappa shape index (κ2) is 4.34. The highest BCUT2D eigenvalue weighted by Gasteiger charge is 2.14. The van der Waals surface area contributed by atoms with Crippen LogP contribution in [0.1, 0.15) is 34.7 Å². The first-order valence-corrected chi connectivity index (χ1v) is 6.27. The van der Waals surface area contributed by atoms with E-state index >= 15 is 0 Å². The summed E-state index contributed by atoms with van der Waals surface area (Å²) in [6.45, 7) is 0. The Balaban J connectivity index is 1.94. The van der Waals surface area contributed by atoms with Gasteiger partial charge < -0.3 is 5.73 Å². The summed E-state index contributed by atoms with van der Waals surface area (Å²) in [6.07, 6.45) is 3.74. The Morgan fingerprint density at radius 2 is 1.59 bits per heavy atom. The molecule has 2 aromatic carbocycles. The monoisotopic (exact) mass is 223 g/mol. The summed E-state index contributed by atoms with van der Waals surface area (Å²) >= 11 is 0. The molecule has 1 aliphatic rings. The zero-order valence-corrected chi connectivity index (χ0v) is 9.89. The maximum absolute atomic E-state index is 6.31. The Bertz CT molecular complexity index is 516. The fourth-order valence-electron chi connectivity index (χ4n) is 2.64. The van der Waals surface area contributed by atoms with E-state index < -0.39 is 0 Å². The highest BCUT2D eigenvalue weighted by atomic mass is 14.6. The minimum absolute atomic E-state index is 0.00194. The van der Waals surface area contributed by atoms with E-state index in [1.54, 1.807) is 0 Å². The van der Waals surface area contributed by atoms with Gasteiger partial charge in [-0.3, -0.25) is 0 Å². The van der Waals surface area contributed by atoms with Crippen LogP contribution < -0.4 is 5.73 Å². The molecule has 0 bridgehead atoms. The maximum Gasteiger partial charge on any atom is 0.0551 e. The number of benzene rings is 2. The van der Waals surface area contributed by atoms with Crippen molar-refractivity contribution < 1.29 is 0 Å². The first-order chi connectivity index (χ1) is 8.34. The third-order valence-electron chi connectivity index (χ3n) is 3.64. The molecule has 0 saturated carbocycles. The van der Waals surface area contributed by atoms with Crippen LogP contribution in [0, 0.1) is 0 Å². The SMILES string of the molecule is NC(c1ccccc1)c1ccc2c(c1)CCC2. The zero-order valence-electron chi connectivity index (χ0n) is 9.89. The Morgan fingerprint density at radius 1 is 0.824 bits per heavy atom. The van der Waals surface area contributed by atoms with Crippen molar-refractivity contribution >= 4 is 0 Å². The molecule has 0 fully saturated rings. The van der Waals surface area contributed by atoms with E-state index in [0.29, 0.717) is 0 Å². The summed E-state index contributed by atoms with van der Waals surface area (Å²) in [7, 11) is 0. The van der Waals surface area contributed by atoms with Crippen LogP contribution in [-0.2, 0) is 12.8 Å². The van der Waals surface area contributed by atoms with Crippen molar-refractivity contribution in [2.24, 2.45) is 5.73 Å². The van der Waals surface area contributed by atoms with E-state index in [1.807, 2.05) is 18.2 Å². The van der Waals surface area contributed by atoms with E-state index in [2.05, 4.69) is 30.3 Å². The van der Waals surface area contributed by atoms with Crippen LogP contribution in [0.4, 0.5) is 0 Å². The fourth-order valence-corrected chi connectivity index (χ4v) is 2.64. The molecule has 0 aliphatic heterocycles. The van der Waals surface area contributed by atoms with Crippen LogP contribution in [-0.4, -0.2) is 0 Å². The normalized spacial score (nSPS) is 15.6. The Morgan fingerprint density at radius 3 is 2.41 bits per heavy atom. The predicted molar refractivity (Wildman–Crippen MR) is 70.9 cm³/mol. The van der Waals surface area contributed by atoms with Crippen molar-refractivity contribution in [3.63, 3.8) is 0 Å². The van der Waals surface area contributed by atoms with Crippen molar-refractivity contribution in [1.29, 1.82) is 0 Å². The molecule has 0 spiro atoms. The van der Waals surface area contributed by atoms with Crippen LogP contribution in [0.15, 0.2) is 48.5 Å². The standard InChI is InChI=1S/C16H17N/c17-16(13-5-2-1-3-6-13)15-10-9-12-7-4-8-14(12)11-15/h1-3,5-6,9-11,16H,4,7-8,17H2. The minimum atomic E-state index is 0.00194. The first kappa shape index (κ1) is 10.5. The lowest BCUT2D eigenvalue weighted by Crippen LogP contribution is -2.11. The molecule has 0 heterocycles. The lowest BCUT2D eigenvalue weighted by molar-refractivity contribution is 0.867. The molecule has 1 unspecified atom stereocenters. The van der Waals surface area contributed by atoms with E-state index in [0.717, 1.165) is 0 Å². The van der Waals surface area contributed by atoms with Gasteiger partial charge in [-0.1, -0.05) is 48.5 Å². The number of rotatable bonds is 2. The molecule has 0 saturated heterocycles. The topological polar surface area (TPSA) is 26.0 Å². The molecule has 0 amide bonds. The molecular formula is C16H17N. The third-order valence-corrected chi connectivity index (χ3v) is 3.64. The van der Waals surface area contributed by atoms with Crippen LogP contribution in [0.3, 0.4) is 0 Å². The summed E-state index contributed by atoms with van der Waals surface area (Å²) in [4.78, 5) is 0. The molecule has 1 aliphatic carbocycles. The van der Waals surface area contributed by atoms with Gasteiger partial charge in [0.15, 0.2) is 0 Å². The Labute approximate surface area is 102 Å². The summed E-state index contributed by atoms with van der Waals surface area (Å²) in [5.74, 6) is 0. The highest BCUT2D eigenvalue weighted by Crippen LogP contribution is 2.27. The molecular weight excluding hydrogens is 206 g/mol. The van der Waals surface area contributed by atoms with Crippen molar-refractivity contribution in [3.8, 4) is 0 Å². The molecule has 0 radical (unpaired) electrons. The fraction of sp³-hybridized carbons (Fsp3) is 0.250. The second-order valence-electron chi connectivity index (χ2n) is 4.77. The lowest BCUT2D eigenvalue weighted by atomic mass is 9.96. The van der Waals surface area contributed by atoms with Crippen LogP contribution in [0.25, 0.3) is 0 Å². The molecule has 1 atom stereocenters. The number of aryl methyl sites for hydroxylation is 2. The van der Waals surface area contributed by atoms with Crippen molar-refractivity contribution in [3.05, 3.63) is 70.8 Å². The number of hydrogen-bond acceptors (Lipinski definition) is 1. The third kappa shape index (κ3) is 1.98. The molecule has 3 rings (SSSR count). The van der Waals surface area contributed by atoms with Crippen molar-refractivity contribution in [1.82, 2.24) is 0 Å². The van der Waals surface area contributed by atoms with Crippen molar-refractivity contribution in [2.75, 3.05) is 0 Å². The van der Waals surface area contributed by atoms with Gasteiger partial charge in [-0.15, -0.1) is 0 Å². The minimum Gasteiger partial charge on any atom is -0.320 e. The zero-order chi connectivity index (χ0) is 11.7. The first-order valence-electron chi connectivity index (χ1n) is 6.27. The van der Waals surface area contributed by atoms with E-state index in [1.165, 1.54) is 41.5 Å². The number of nitrogens with two attached hydrogens (primary N) is 1. The second-order valence-corrected chi connectivity index (χ2v) is 4.77. The molecule has 0 aromatic heterocycles. The molecule has 1 nitrogen and oxygen atoms in total. The number of fused-ring (bicyclic) bond motifs is 1. The van der Waals surface area contributed by atoms with Crippen molar-refractivity contribution in [2.45, 2.75) is 25.3 Å². The van der Waals surface area contributed by atoms with Gasteiger partial charge in [0.25, 0.3) is 0 Å². The quantitative estimate of drug-likeness (QED) is 0.831. The van der Waals surface area contributed by atoms with E-state index in [-0.39, 0.29) is 6.04 Å². The lowest BCUT2D eigenvalue weighted by Gasteiger charge is -2.13. The maximum atomic E-state index is 6.31. The van der Waals surface area contributed by atoms with Crippen LogP contribution in [0.2, 0.25) is 0 Å². The van der Waals surface area contributed by atoms with Gasteiger partial charge in [0, 0.05) is 0 Å². The highest BCUT2D eigenvalue weighted by molar-refractivity contribution is 5.39. The van der Waals surface area contributed by atoms with Gasteiger partial charge in [-0.25, -0.2) is 0 Å². The average Bonchev–Trinajstić information content (AvgIpc) is 2.86. The Kier molecular flexibility index (Phi) is 2.69. The van der Waals surface area contributed by atoms with Crippen LogP contribution >= 0.6 is 0 Å². The molecule has 86 valence electrons. The summed E-state index contributed by atoms with van der Waals surface area (Å²) in [5, 5.41) is 0. The van der Waals surface area contributed by atoms with Gasteiger partial charge in [-0.2, -0.15) is 0 Å². The van der Waals surface area contributed by atoms with Crippen LogP contribution in [0.5, 0.6) is 0 Å². The average molecular weight is 223 g/mol. The molecule has 17 heavy (non-hydrogen) atoms. The van der Waals surface area contributed by atoms with Gasteiger partial charge >= 0.3 is 0 Å². The van der Waals surface area contributed by atoms with E-state index in [9.17, 15) is 0 Å². The smallest absolute Gasteiger partial charge is 0.0551 e. The summed E-state index contributed by atoms with van der Waals surface area (Å²) in [6, 6.07) is 17.0. The van der Waals surface area contributed by atoms with E-state index in [4.69, 9.17) is 5.73 Å². The largest absolute Gasteiger partial charge is 0.320 e. The predicted octanol–water partition coefficient (Wildman–Crippen LogP) is 3.22. The summed E-state index contributed by atoms with van der Waals surface area (Å²) in [5.41, 5.74) is 11.7. The van der Waals surface area contributed by atoms with Gasteiger partial charge in [0.05, 0.1) is 6.04 Å². The van der Waals surface area contributed by atoms with Gasteiger partial charge in [0.1, 0.15) is 0 Å². The number of hydrogen-bond donors (Lipinski definition) is 1. The molecule has 1 heteroatoms. The van der Waals surface area contributed by atoms with Gasteiger partial charge in [-0.05, 0) is 41.5 Å². The molecule has 2 aromatic rings. The summed E-state index contributed by atoms with van der Waals surface area (Å²) < 4.78 is 0. The van der Waals surface area contributed by atoms with Gasteiger partial charge in [0.2, 0.25) is 0 Å². The molecule has 2 N–H and O–H groups in total. The Hall–Kier alpha value is -1.60.